The van der Waals surface area contributed by atoms with E-state index in [4.69, 9.17) is 14.0 Å². The fourth-order valence-electron chi connectivity index (χ4n) is 4.13. The molecule has 1 aliphatic heterocycles. The molecule has 1 saturated heterocycles. The number of carbonyl (C=O) groups is 1. The molecule has 0 saturated carbocycles. The molecule has 1 aliphatic rings. The number of benzene rings is 2. The lowest BCUT2D eigenvalue weighted by Crippen LogP contribution is -2.37. The van der Waals surface area contributed by atoms with Crippen molar-refractivity contribution in [3.05, 3.63) is 65.2 Å². The number of ether oxygens (including phenoxy) is 2. The Labute approximate surface area is 194 Å². The van der Waals surface area contributed by atoms with E-state index < -0.39 is 0 Å². The molecule has 0 spiro atoms. The Hall–Kier alpha value is -3.32. The molecular formula is C26H31N3O4. The summed E-state index contributed by atoms with van der Waals surface area (Å²) in [6.45, 7) is 7.90. The van der Waals surface area contributed by atoms with Crippen LogP contribution in [-0.4, -0.2) is 55.9 Å². The van der Waals surface area contributed by atoms with Crippen molar-refractivity contribution < 1.29 is 18.8 Å². The zero-order valence-electron chi connectivity index (χ0n) is 19.5. The summed E-state index contributed by atoms with van der Waals surface area (Å²) in [6.07, 6.45) is 0.841. The number of aromatic nitrogens is 1. The molecule has 0 bridgehead atoms. The van der Waals surface area contributed by atoms with Crippen molar-refractivity contribution in [2.75, 3.05) is 44.9 Å². The lowest BCUT2D eigenvalue weighted by atomic mass is 10.0. The topological polar surface area (TPSA) is 68.0 Å². The number of hydrogen-bond acceptors (Lipinski definition) is 6. The predicted molar refractivity (Wildman–Crippen MR) is 128 cm³/mol. The predicted octanol–water partition coefficient (Wildman–Crippen LogP) is 4.55. The van der Waals surface area contributed by atoms with Gasteiger partial charge < -0.3 is 23.8 Å². The first-order valence-corrected chi connectivity index (χ1v) is 11.4. The Kier molecular flexibility index (Phi) is 7.29. The van der Waals surface area contributed by atoms with E-state index in [1.807, 2.05) is 35.2 Å². The number of anilines is 1. The van der Waals surface area contributed by atoms with Crippen LogP contribution in [0.2, 0.25) is 0 Å². The minimum absolute atomic E-state index is 0.0416. The highest BCUT2D eigenvalue weighted by atomic mass is 16.5. The molecule has 1 aromatic heterocycles. The number of hydrogen-bond donors (Lipinski definition) is 0. The second kappa shape index (κ2) is 10.5. The van der Waals surface area contributed by atoms with E-state index in [1.165, 1.54) is 0 Å². The average molecular weight is 450 g/mol. The molecule has 0 radical (unpaired) electrons. The number of amides is 1. The highest BCUT2D eigenvalue weighted by Crippen LogP contribution is 2.34. The van der Waals surface area contributed by atoms with Gasteiger partial charge in [-0.25, -0.2) is 0 Å². The van der Waals surface area contributed by atoms with E-state index >= 15 is 0 Å². The van der Waals surface area contributed by atoms with Crippen molar-refractivity contribution in [2.24, 2.45) is 0 Å². The highest BCUT2D eigenvalue weighted by molar-refractivity contribution is 5.94. The molecule has 0 N–H and O–H groups in total. The zero-order chi connectivity index (χ0) is 23.2. The number of carbonyl (C=O) groups excluding carboxylic acids is 1. The van der Waals surface area contributed by atoms with Crippen LogP contribution in [0.3, 0.4) is 0 Å². The minimum atomic E-state index is -0.0416. The lowest BCUT2D eigenvalue weighted by Gasteiger charge is -2.28. The van der Waals surface area contributed by atoms with Crippen LogP contribution in [0.1, 0.15) is 34.8 Å². The fraction of sp³-hybridized carbons (Fsp3) is 0.385. The number of nitrogens with zero attached hydrogens (tertiary/aromatic N) is 3. The van der Waals surface area contributed by atoms with Gasteiger partial charge >= 0.3 is 0 Å². The van der Waals surface area contributed by atoms with Crippen molar-refractivity contribution in [1.29, 1.82) is 0 Å². The first kappa shape index (κ1) is 22.9. The number of methoxy groups -OCH3 is 1. The summed E-state index contributed by atoms with van der Waals surface area (Å²) in [7, 11) is 1.60. The molecule has 0 atom stereocenters. The Balaban J connectivity index is 1.72. The molecule has 0 aliphatic carbocycles. The smallest absolute Gasteiger partial charge is 0.254 e. The van der Waals surface area contributed by atoms with E-state index in [1.54, 1.807) is 13.2 Å². The maximum Gasteiger partial charge on any atom is 0.254 e. The van der Waals surface area contributed by atoms with Crippen molar-refractivity contribution >= 4 is 11.8 Å². The first-order valence-electron chi connectivity index (χ1n) is 11.4. The maximum atomic E-state index is 13.5. The zero-order valence-corrected chi connectivity index (χ0v) is 19.5. The summed E-state index contributed by atoms with van der Waals surface area (Å²) in [5.41, 5.74) is 4.43. The highest BCUT2D eigenvalue weighted by Gasteiger charge is 2.27. The summed E-state index contributed by atoms with van der Waals surface area (Å²) in [6, 6.07) is 15.5. The van der Waals surface area contributed by atoms with Crippen LogP contribution in [0.25, 0.3) is 11.3 Å². The van der Waals surface area contributed by atoms with Gasteiger partial charge in [0.05, 0.1) is 32.4 Å². The van der Waals surface area contributed by atoms with E-state index in [-0.39, 0.29) is 5.91 Å². The maximum absolute atomic E-state index is 13.5. The van der Waals surface area contributed by atoms with Crippen molar-refractivity contribution in [3.8, 4) is 17.0 Å². The summed E-state index contributed by atoms with van der Waals surface area (Å²) < 4.78 is 16.7. The van der Waals surface area contributed by atoms with Crippen LogP contribution in [0.15, 0.2) is 53.1 Å². The van der Waals surface area contributed by atoms with Gasteiger partial charge in [-0.2, -0.15) is 0 Å². The molecule has 1 amide bonds. The molecular weight excluding hydrogens is 418 g/mol. The quantitative estimate of drug-likeness (QED) is 0.503. The van der Waals surface area contributed by atoms with Gasteiger partial charge in [0.25, 0.3) is 5.91 Å². The fourth-order valence-corrected chi connectivity index (χ4v) is 4.13. The summed E-state index contributed by atoms with van der Waals surface area (Å²) in [5, 5.41) is 4.46. The Morgan fingerprint density at radius 1 is 1.15 bits per heavy atom. The molecule has 4 rings (SSSR count). The largest absolute Gasteiger partial charge is 0.497 e. The summed E-state index contributed by atoms with van der Waals surface area (Å²) in [4.78, 5) is 17.5. The second-order valence-electron chi connectivity index (χ2n) is 8.24. The van der Waals surface area contributed by atoms with Crippen molar-refractivity contribution in [2.45, 2.75) is 26.8 Å². The van der Waals surface area contributed by atoms with Crippen molar-refractivity contribution in [3.63, 3.8) is 0 Å². The Morgan fingerprint density at radius 2 is 1.94 bits per heavy atom. The number of rotatable bonds is 8. The molecule has 1 fully saturated rings. The normalized spacial score (nSPS) is 13.7. The van der Waals surface area contributed by atoms with Crippen LogP contribution in [0.5, 0.6) is 5.75 Å². The average Bonchev–Trinajstić information content (AvgIpc) is 3.27. The van der Waals surface area contributed by atoms with Gasteiger partial charge in [0.1, 0.15) is 11.4 Å². The van der Waals surface area contributed by atoms with Gasteiger partial charge in [0.15, 0.2) is 0 Å². The Morgan fingerprint density at radius 3 is 2.67 bits per heavy atom. The minimum Gasteiger partial charge on any atom is -0.497 e. The van der Waals surface area contributed by atoms with Crippen LogP contribution >= 0.6 is 0 Å². The van der Waals surface area contributed by atoms with E-state index in [9.17, 15) is 4.79 Å². The third-order valence-electron chi connectivity index (χ3n) is 5.80. The van der Waals surface area contributed by atoms with Gasteiger partial charge in [-0.3, -0.25) is 4.79 Å². The molecule has 7 heteroatoms. The standard InChI is InChI=1S/C26H31N3O4/c1-4-11-29(25(30)21-9-6-10-22(17-21)31-3)18-23-24(20-8-5-7-19(2)16-20)27-33-26(23)28-12-14-32-15-13-28/h5-10,16-17H,4,11-15,18H2,1-3H3. The van der Waals surface area contributed by atoms with Gasteiger partial charge in [-0.1, -0.05) is 41.9 Å². The van der Waals surface area contributed by atoms with Gasteiger partial charge in [0, 0.05) is 30.8 Å². The summed E-state index contributed by atoms with van der Waals surface area (Å²) in [5.74, 6) is 1.34. The summed E-state index contributed by atoms with van der Waals surface area (Å²) >= 11 is 0. The van der Waals surface area contributed by atoms with Gasteiger partial charge in [-0.15, -0.1) is 0 Å². The van der Waals surface area contributed by atoms with Crippen LogP contribution in [-0.2, 0) is 11.3 Å². The molecule has 3 aromatic rings. The third-order valence-corrected chi connectivity index (χ3v) is 5.80. The molecule has 2 aromatic carbocycles. The molecule has 7 nitrogen and oxygen atoms in total. The number of aryl methyl sites for hydroxylation is 1. The van der Waals surface area contributed by atoms with Gasteiger partial charge in [0.2, 0.25) is 5.88 Å². The molecule has 0 unspecified atom stereocenters. The van der Waals surface area contributed by atoms with Crippen LogP contribution in [0, 0.1) is 6.92 Å². The first-order chi connectivity index (χ1) is 16.1. The van der Waals surface area contributed by atoms with E-state index in [0.717, 1.165) is 41.9 Å². The monoisotopic (exact) mass is 449 g/mol. The third kappa shape index (κ3) is 5.20. The van der Waals surface area contributed by atoms with Gasteiger partial charge in [-0.05, 0) is 37.6 Å². The number of morpholine rings is 1. The van der Waals surface area contributed by atoms with Crippen LogP contribution in [0.4, 0.5) is 5.88 Å². The van der Waals surface area contributed by atoms with E-state index in [2.05, 4.69) is 36.0 Å². The second-order valence-corrected chi connectivity index (χ2v) is 8.24. The molecule has 33 heavy (non-hydrogen) atoms. The molecule has 174 valence electrons. The molecule has 2 heterocycles. The van der Waals surface area contributed by atoms with E-state index in [0.29, 0.717) is 43.5 Å². The Bertz CT molecular complexity index is 1090. The lowest BCUT2D eigenvalue weighted by molar-refractivity contribution is 0.0742. The van der Waals surface area contributed by atoms with Crippen LogP contribution < -0.4 is 9.64 Å². The van der Waals surface area contributed by atoms with Crippen molar-refractivity contribution in [1.82, 2.24) is 10.1 Å². The SMILES string of the molecule is CCCN(Cc1c(-c2cccc(C)c2)noc1N1CCOCC1)C(=O)c1cccc(OC)c1.